The Morgan fingerprint density at radius 2 is 1.64 bits per heavy atom. The average molecular weight is 597 g/mol. The first kappa shape index (κ1) is 30.1. The van der Waals surface area contributed by atoms with Gasteiger partial charge in [0.05, 0.1) is 29.8 Å². The number of hydrogen-bond donors (Lipinski definition) is 0. The van der Waals surface area contributed by atoms with Crippen LogP contribution < -0.4 is 4.31 Å². The SMILES string of the molecule is CCOC(=O)C1(C(C)=O)CN1C(=O)O[C@@H]1[C@H](N(c2cc(C)cc(C)c2)S(=O)(=O)c2ccccc2)[C@H]2CC[C@]1(C)C2(C)C. The summed E-state index contributed by atoms with van der Waals surface area (Å²) < 4.78 is 41.9. The Bertz CT molecular complexity index is 1520. The Morgan fingerprint density at radius 3 is 2.21 bits per heavy atom. The number of fused-ring (bicyclic) bond motifs is 2. The molecule has 1 aliphatic heterocycles. The highest BCUT2D eigenvalue weighted by Crippen LogP contribution is 2.68. The van der Waals surface area contributed by atoms with Crippen molar-refractivity contribution in [1.82, 2.24) is 4.90 Å². The van der Waals surface area contributed by atoms with Gasteiger partial charge in [-0.3, -0.25) is 14.0 Å². The Kier molecular flexibility index (Phi) is 7.23. The second-order valence-corrected chi connectivity index (χ2v) is 14.6. The van der Waals surface area contributed by atoms with E-state index in [1.54, 1.807) is 37.3 Å². The Balaban J connectivity index is 1.62. The fourth-order valence-corrected chi connectivity index (χ4v) is 9.14. The smallest absolute Gasteiger partial charge is 0.411 e. The standard InChI is InChI=1S/C32H40N2O7S/c1-8-40-28(36)32(22(4)35)19-33(32)29(37)41-27-26(25-14-15-31(27,7)30(25,5)6)34(23-17-20(2)16-21(3)18-23)42(38,39)24-12-10-9-11-13-24/h9-13,16-18,25-27H,8,14-15,19H2,1-7H3/t25-,26-,27-,31+,32?,33?/m1/s1. The summed E-state index contributed by atoms with van der Waals surface area (Å²) in [5.41, 5.74) is -0.342. The summed E-state index contributed by atoms with van der Waals surface area (Å²) in [6.07, 6.45) is -0.167. The number of amides is 1. The van der Waals surface area contributed by atoms with Crippen molar-refractivity contribution in [2.24, 2.45) is 16.7 Å². The predicted molar refractivity (Wildman–Crippen MR) is 157 cm³/mol. The normalized spacial score (nSPS) is 29.2. The maximum absolute atomic E-state index is 14.5. The number of benzene rings is 2. The molecule has 0 spiro atoms. The van der Waals surface area contributed by atoms with Crippen LogP contribution in [-0.2, 0) is 29.1 Å². The third-order valence-electron chi connectivity index (χ3n) is 10.1. The van der Waals surface area contributed by atoms with E-state index in [-0.39, 0.29) is 29.4 Å². The summed E-state index contributed by atoms with van der Waals surface area (Å²) in [6, 6.07) is 13.2. The molecule has 2 bridgehead atoms. The molecule has 5 atom stereocenters. The summed E-state index contributed by atoms with van der Waals surface area (Å²) in [7, 11) is -4.10. The van der Waals surface area contributed by atoms with Gasteiger partial charge in [-0.2, -0.15) is 0 Å². The van der Waals surface area contributed by atoms with Crippen molar-refractivity contribution in [3.63, 3.8) is 0 Å². The van der Waals surface area contributed by atoms with E-state index in [2.05, 4.69) is 13.8 Å². The molecule has 2 saturated carbocycles. The van der Waals surface area contributed by atoms with Gasteiger partial charge in [-0.25, -0.2) is 18.0 Å². The number of carbonyl (C=O) groups is 3. The average Bonchev–Trinajstić information content (AvgIpc) is 3.60. The Labute approximate surface area is 248 Å². The number of Topliss-reactive ketones (excluding diaryl/α,β-unsaturated/α-hetero) is 1. The summed E-state index contributed by atoms with van der Waals surface area (Å²) in [6.45, 7) is 12.9. The molecule has 42 heavy (non-hydrogen) atoms. The van der Waals surface area contributed by atoms with Gasteiger partial charge in [0.1, 0.15) is 6.10 Å². The van der Waals surface area contributed by atoms with Crippen LogP contribution in [-0.4, -0.2) is 62.0 Å². The summed E-state index contributed by atoms with van der Waals surface area (Å²) >= 11 is 0. The Hall–Kier alpha value is -3.40. The molecule has 0 radical (unpaired) electrons. The van der Waals surface area contributed by atoms with Crippen LogP contribution in [0.3, 0.4) is 0 Å². The van der Waals surface area contributed by atoms with Crippen LogP contribution >= 0.6 is 0 Å². The van der Waals surface area contributed by atoms with E-state index in [4.69, 9.17) is 9.47 Å². The number of ketones is 1. The van der Waals surface area contributed by atoms with Crippen molar-refractivity contribution in [2.75, 3.05) is 17.5 Å². The van der Waals surface area contributed by atoms with Crippen LogP contribution in [0.15, 0.2) is 53.4 Å². The van der Waals surface area contributed by atoms with Crippen LogP contribution in [0, 0.1) is 30.6 Å². The molecule has 3 aliphatic rings. The molecule has 1 unspecified atom stereocenters. The molecular formula is C32H40N2O7S. The fourth-order valence-electron chi connectivity index (χ4n) is 7.45. The van der Waals surface area contributed by atoms with Crippen LogP contribution in [0.4, 0.5) is 10.5 Å². The molecular weight excluding hydrogens is 556 g/mol. The third kappa shape index (κ3) is 4.32. The van der Waals surface area contributed by atoms with Gasteiger partial charge < -0.3 is 9.47 Å². The maximum atomic E-state index is 14.5. The minimum atomic E-state index is -4.10. The molecule has 226 valence electrons. The molecule has 1 saturated heterocycles. The molecule has 2 aromatic carbocycles. The van der Waals surface area contributed by atoms with Gasteiger partial charge >= 0.3 is 12.1 Å². The van der Waals surface area contributed by atoms with E-state index >= 15 is 0 Å². The minimum Gasteiger partial charge on any atom is -0.464 e. The number of ether oxygens (including phenoxy) is 2. The lowest BCUT2D eigenvalue weighted by atomic mass is 9.70. The first-order valence-corrected chi connectivity index (χ1v) is 15.9. The topological polar surface area (TPSA) is 110 Å². The zero-order valence-corrected chi connectivity index (χ0v) is 26.2. The highest BCUT2D eigenvalue weighted by molar-refractivity contribution is 7.92. The van der Waals surface area contributed by atoms with Gasteiger partial charge in [-0.15, -0.1) is 0 Å². The van der Waals surface area contributed by atoms with Crippen LogP contribution in [0.1, 0.15) is 58.6 Å². The molecule has 10 heteroatoms. The molecule has 0 N–H and O–H groups in total. The molecule has 3 fully saturated rings. The molecule has 5 rings (SSSR count). The number of aryl methyl sites for hydroxylation is 2. The number of nitrogens with zero attached hydrogens (tertiary/aromatic N) is 2. The lowest BCUT2D eigenvalue weighted by Gasteiger charge is -2.42. The predicted octanol–water partition coefficient (Wildman–Crippen LogP) is 5.04. The zero-order chi connectivity index (χ0) is 30.8. The number of sulfonamides is 1. The quantitative estimate of drug-likeness (QED) is 0.239. The van der Waals surface area contributed by atoms with E-state index in [1.165, 1.54) is 11.2 Å². The molecule has 9 nitrogen and oxygen atoms in total. The molecule has 0 aromatic heterocycles. The van der Waals surface area contributed by atoms with E-state index in [9.17, 15) is 22.8 Å². The number of hydrogen-bond acceptors (Lipinski definition) is 7. The van der Waals surface area contributed by atoms with Crippen LogP contribution in [0.2, 0.25) is 0 Å². The first-order chi connectivity index (χ1) is 19.6. The van der Waals surface area contributed by atoms with E-state index < -0.39 is 51.0 Å². The van der Waals surface area contributed by atoms with Crippen LogP contribution in [0.5, 0.6) is 0 Å². The highest BCUT2D eigenvalue weighted by Gasteiger charge is 2.72. The van der Waals surface area contributed by atoms with E-state index in [1.807, 2.05) is 39.0 Å². The lowest BCUT2D eigenvalue weighted by molar-refractivity contribution is -0.150. The first-order valence-electron chi connectivity index (χ1n) is 14.5. The monoisotopic (exact) mass is 596 g/mol. The summed E-state index contributed by atoms with van der Waals surface area (Å²) in [5, 5.41) is 0. The summed E-state index contributed by atoms with van der Waals surface area (Å²) in [4.78, 5) is 40.3. The van der Waals surface area contributed by atoms with Crippen molar-refractivity contribution >= 4 is 33.6 Å². The van der Waals surface area contributed by atoms with Gasteiger partial charge in [-0.05, 0) is 87.3 Å². The molecule has 1 heterocycles. The van der Waals surface area contributed by atoms with Crippen molar-refractivity contribution in [2.45, 2.75) is 83.9 Å². The van der Waals surface area contributed by atoms with Crippen molar-refractivity contribution in [3.05, 3.63) is 59.7 Å². The zero-order valence-electron chi connectivity index (χ0n) is 25.3. The maximum Gasteiger partial charge on any atom is 0.411 e. The van der Waals surface area contributed by atoms with E-state index in [0.717, 1.165) is 28.9 Å². The second-order valence-electron chi connectivity index (χ2n) is 12.8. The van der Waals surface area contributed by atoms with Gasteiger partial charge in [0.15, 0.2) is 5.78 Å². The van der Waals surface area contributed by atoms with Crippen LogP contribution in [0.25, 0.3) is 0 Å². The number of carbonyl (C=O) groups excluding carboxylic acids is 3. The van der Waals surface area contributed by atoms with Gasteiger partial charge in [0.2, 0.25) is 5.54 Å². The molecule has 1 amide bonds. The van der Waals surface area contributed by atoms with Gasteiger partial charge in [-0.1, -0.05) is 45.0 Å². The largest absolute Gasteiger partial charge is 0.464 e. The summed E-state index contributed by atoms with van der Waals surface area (Å²) in [5.74, 6) is -1.41. The number of anilines is 1. The lowest BCUT2D eigenvalue weighted by Crippen LogP contribution is -2.54. The van der Waals surface area contributed by atoms with Gasteiger partial charge in [0.25, 0.3) is 10.0 Å². The van der Waals surface area contributed by atoms with Crippen molar-refractivity contribution < 1.29 is 32.3 Å². The third-order valence-corrected chi connectivity index (χ3v) is 12.0. The number of rotatable bonds is 8. The minimum absolute atomic E-state index is 0.0671. The molecule has 2 aliphatic carbocycles. The second kappa shape index (κ2) is 10.1. The number of esters is 1. The van der Waals surface area contributed by atoms with E-state index in [0.29, 0.717) is 5.69 Å². The van der Waals surface area contributed by atoms with Gasteiger partial charge in [0, 0.05) is 5.41 Å². The highest BCUT2D eigenvalue weighted by atomic mass is 32.2. The molecule has 2 aromatic rings. The Morgan fingerprint density at radius 1 is 1.02 bits per heavy atom. The van der Waals surface area contributed by atoms with Crippen molar-refractivity contribution in [1.29, 1.82) is 0 Å². The fraction of sp³-hybridized carbons (Fsp3) is 0.531. The van der Waals surface area contributed by atoms with Crippen molar-refractivity contribution in [3.8, 4) is 0 Å².